The van der Waals surface area contributed by atoms with E-state index in [4.69, 9.17) is 0 Å². The molecule has 2 aliphatic rings. The number of hydrogen-bond acceptors (Lipinski definition) is 4. The highest BCUT2D eigenvalue weighted by Crippen LogP contribution is 2.43. The van der Waals surface area contributed by atoms with E-state index in [1.807, 2.05) is 0 Å². The monoisotopic (exact) mass is 547 g/mol. The van der Waals surface area contributed by atoms with Crippen molar-refractivity contribution >= 4 is 17.6 Å². The predicted octanol–water partition coefficient (Wildman–Crippen LogP) is 4.88. The van der Waals surface area contributed by atoms with Crippen molar-refractivity contribution in [3.05, 3.63) is 70.8 Å². The summed E-state index contributed by atoms with van der Waals surface area (Å²) >= 11 is 0. The molecule has 0 unspecified atom stereocenters. The number of ketones is 1. The van der Waals surface area contributed by atoms with Crippen molar-refractivity contribution < 1.29 is 31.9 Å². The molecule has 1 aliphatic heterocycles. The molecule has 1 saturated carbocycles. The van der Waals surface area contributed by atoms with Gasteiger partial charge in [0.25, 0.3) is 11.8 Å². The van der Waals surface area contributed by atoms with Crippen LogP contribution in [0.3, 0.4) is 0 Å². The zero-order valence-electron chi connectivity index (χ0n) is 21.8. The Bertz CT molecular complexity index is 1190. The van der Waals surface area contributed by atoms with Crippen LogP contribution in [0.25, 0.3) is 0 Å². The predicted molar refractivity (Wildman–Crippen MR) is 138 cm³/mol. The fourth-order valence-corrected chi connectivity index (χ4v) is 5.65. The summed E-state index contributed by atoms with van der Waals surface area (Å²) in [6.45, 7) is 1.30. The third kappa shape index (κ3) is 7.03. The van der Waals surface area contributed by atoms with Gasteiger partial charge in [0.15, 0.2) is 5.78 Å². The maximum Gasteiger partial charge on any atom is 0.416 e. The molecule has 2 N–H and O–H groups in total. The number of nitrogens with zero attached hydrogens (tertiary/aromatic N) is 1. The summed E-state index contributed by atoms with van der Waals surface area (Å²) < 4.78 is 54.4. The quantitative estimate of drug-likeness (QED) is 0.462. The highest BCUT2D eigenvalue weighted by atomic mass is 19.4. The van der Waals surface area contributed by atoms with Gasteiger partial charge in [0, 0.05) is 37.2 Å². The number of halogens is 4. The Morgan fingerprint density at radius 2 is 1.67 bits per heavy atom. The third-order valence-electron chi connectivity index (χ3n) is 7.89. The lowest BCUT2D eigenvalue weighted by atomic mass is 9.78. The minimum atomic E-state index is -4.55. The first kappa shape index (κ1) is 28.7. The smallest absolute Gasteiger partial charge is 0.355 e. The van der Waals surface area contributed by atoms with Gasteiger partial charge in [0.2, 0.25) is 0 Å². The summed E-state index contributed by atoms with van der Waals surface area (Å²) in [5.41, 5.74) is -1.41. The Kier molecular flexibility index (Phi) is 8.73. The van der Waals surface area contributed by atoms with Gasteiger partial charge in [0.1, 0.15) is 5.67 Å². The van der Waals surface area contributed by atoms with Crippen molar-refractivity contribution in [2.75, 3.05) is 26.7 Å². The van der Waals surface area contributed by atoms with Crippen molar-refractivity contribution in [2.45, 2.75) is 56.4 Å². The molecule has 1 aliphatic carbocycles. The molecule has 2 aromatic carbocycles. The topological polar surface area (TPSA) is 78.5 Å². The Morgan fingerprint density at radius 3 is 2.31 bits per heavy atom. The van der Waals surface area contributed by atoms with Crippen molar-refractivity contribution in [1.82, 2.24) is 15.5 Å². The van der Waals surface area contributed by atoms with E-state index in [0.29, 0.717) is 36.8 Å². The Balaban J connectivity index is 1.22. The highest BCUT2D eigenvalue weighted by Gasteiger charge is 2.40. The number of rotatable bonds is 8. The number of Topliss-reactive ketones (excluding diaryl/α,β-unsaturated/α-hetero) is 1. The Morgan fingerprint density at radius 1 is 0.974 bits per heavy atom. The number of benzene rings is 2. The highest BCUT2D eigenvalue weighted by molar-refractivity contribution is 5.97. The first-order valence-electron chi connectivity index (χ1n) is 13.2. The van der Waals surface area contributed by atoms with Gasteiger partial charge in [-0.05, 0) is 80.5 Å². The maximum atomic E-state index is 15.7. The number of amides is 2. The van der Waals surface area contributed by atoms with Crippen LogP contribution >= 0.6 is 0 Å². The van der Waals surface area contributed by atoms with Crippen molar-refractivity contribution in [1.29, 1.82) is 0 Å². The molecule has 0 radical (unpaired) electrons. The van der Waals surface area contributed by atoms with E-state index in [-0.39, 0.29) is 42.2 Å². The second-order valence-corrected chi connectivity index (χ2v) is 10.5. The first-order chi connectivity index (χ1) is 18.5. The van der Waals surface area contributed by atoms with Crippen LogP contribution in [-0.4, -0.2) is 55.2 Å². The van der Waals surface area contributed by atoms with Crippen LogP contribution in [0.2, 0.25) is 0 Å². The van der Waals surface area contributed by atoms with Crippen LogP contribution < -0.4 is 10.6 Å². The summed E-state index contributed by atoms with van der Waals surface area (Å²) in [6, 6.07) is 11.0. The fourth-order valence-electron chi connectivity index (χ4n) is 5.65. The van der Waals surface area contributed by atoms with Gasteiger partial charge in [-0.2, -0.15) is 13.2 Å². The first-order valence-corrected chi connectivity index (χ1v) is 13.2. The molecule has 10 heteroatoms. The van der Waals surface area contributed by atoms with Gasteiger partial charge >= 0.3 is 6.18 Å². The molecule has 1 saturated heterocycles. The van der Waals surface area contributed by atoms with E-state index in [1.165, 1.54) is 6.07 Å². The molecule has 2 fully saturated rings. The molecule has 2 amide bonds. The number of alkyl halides is 4. The molecule has 0 bridgehead atoms. The van der Waals surface area contributed by atoms with Crippen molar-refractivity contribution in [2.24, 2.45) is 5.92 Å². The average molecular weight is 548 g/mol. The summed E-state index contributed by atoms with van der Waals surface area (Å²) in [7, 11) is 1.55. The minimum absolute atomic E-state index is 0.122. The second-order valence-electron chi connectivity index (χ2n) is 10.5. The fraction of sp³-hybridized carbons (Fsp3) is 0.483. The molecule has 39 heavy (non-hydrogen) atoms. The lowest BCUT2D eigenvalue weighted by molar-refractivity contribution is -0.137. The summed E-state index contributed by atoms with van der Waals surface area (Å²) in [4.78, 5) is 38.8. The molecule has 0 spiro atoms. The standard InChI is InChI=1S/C29H33F4N3O3/c1-34-26(38)20-5-7-22(8-6-20)28(30)12-9-24(10-13-28)36-14-11-19(18-36)15-25(37)17-35-27(39)21-3-2-4-23(16-21)29(31,32)33/h2-8,16,19,24H,9-15,17-18H2,1H3,(H,34,38)(H,35,39)/t19-,24?,28?/m0/s1. The van der Waals surface area contributed by atoms with E-state index in [9.17, 15) is 27.6 Å². The Labute approximate surface area is 225 Å². The van der Waals surface area contributed by atoms with Gasteiger partial charge in [0.05, 0.1) is 12.1 Å². The summed E-state index contributed by atoms with van der Waals surface area (Å²) in [5.74, 6) is -0.980. The van der Waals surface area contributed by atoms with E-state index >= 15 is 4.39 Å². The third-order valence-corrected chi connectivity index (χ3v) is 7.89. The van der Waals surface area contributed by atoms with Crippen molar-refractivity contribution in [3.8, 4) is 0 Å². The molecular formula is C29H33F4N3O3. The van der Waals surface area contributed by atoms with Gasteiger partial charge in [-0.25, -0.2) is 4.39 Å². The van der Waals surface area contributed by atoms with E-state index in [0.717, 1.165) is 37.7 Å². The molecule has 1 heterocycles. The summed E-state index contributed by atoms with van der Waals surface area (Å²) in [5, 5.41) is 4.99. The van der Waals surface area contributed by atoms with Crippen LogP contribution in [0.1, 0.15) is 70.4 Å². The van der Waals surface area contributed by atoms with Crippen molar-refractivity contribution in [3.63, 3.8) is 0 Å². The molecule has 210 valence electrons. The van der Waals surface area contributed by atoms with Gasteiger partial charge in [-0.15, -0.1) is 0 Å². The van der Waals surface area contributed by atoms with Crippen LogP contribution in [0, 0.1) is 5.92 Å². The summed E-state index contributed by atoms with van der Waals surface area (Å²) in [6.07, 6.45) is -1.29. The lowest BCUT2D eigenvalue weighted by Gasteiger charge is -2.38. The molecule has 6 nitrogen and oxygen atoms in total. The largest absolute Gasteiger partial charge is 0.416 e. The lowest BCUT2D eigenvalue weighted by Crippen LogP contribution is -2.40. The van der Waals surface area contributed by atoms with Gasteiger partial charge < -0.3 is 15.5 Å². The van der Waals surface area contributed by atoms with E-state index in [2.05, 4.69) is 15.5 Å². The molecule has 2 aromatic rings. The zero-order valence-corrected chi connectivity index (χ0v) is 21.8. The average Bonchev–Trinajstić information content (AvgIpc) is 3.39. The molecule has 0 aromatic heterocycles. The minimum Gasteiger partial charge on any atom is -0.355 e. The van der Waals surface area contributed by atoms with Gasteiger partial charge in [-0.3, -0.25) is 14.4 Å². The normalized spacial score (nSPS) is 23.8. The van der Waals surface area contributed by atoms with E-state index in [1.54, 1.807) is 31.3 Å². The zero-order chi connectivity index (χ0) is 28.2. The number of likely N-dealkylation sites (tertiary alicyclic amines) is 1. The maximum absolute atomic E-state index is 15.7. The van der Waals surface area contributed by atoms with Crippen LogP contribution in [0.15, 0.2) is 48.5 Å². The van der Waals surface area contributed by atoms with Crippen LogP contribution in [-0.2, 0) is 16.6 Å². The van der Waals surface area contributed by atoms with E-state index < -0.39 is 23.3 Å². The molecule has 1 atom stereocenters. The van der Waals surface area contributed by atoms with Crippen LogP contribution in [0.5, 0.6) is 0 Å². The second kappa shape index (κ2) is 11.9. The molecular weight excluding hydrogens is 514 g/mol. The number of carbonyl (C=O) groups is 3. The Hall–Kier alpha value is -3.27. The van der Waals surface area contributed by atoms with Crippen LogP contribution in [0.4, 0.5) is 17.6 Å². The molecule has 4 rings (SSSR count). The number of nitrogens with one attached hydrogen (secondary N) is 2. The SMILES string of the molecule is CNC(=O)c1ccc(C2(F)CCC(N3CC[C@@H](CC(=O)CNC(=O)c4cccc(C(F)(F)F)c4)C3)CC2)cc1. The number of carbonyl (C=O) groups excluding carboxylic acids is 3. The number of hydrogen-bond donors (Lipinski definition) is 2. The van der Waals surface area contributed by atoms with Gasteiger partial charge in [-0.1, -0.05) is 18.2 Å².